The maximum atomic E-state index is 10.0. The van der Waals surface area contributed by atoms with Crippen molar-refractivity contribution < 1.29 is 5.11 Å². The van der Waals surface area contributed by atoms with E-state index in [0.29, 0.717) is 12.3 Å². The molecule has 0 bridgehead atoms. The normalized spacial score (nSPS) is 14.9. The molecule has 3 N–H and O–H groups in total. The van der Waals surface area contributed by atoms with Crippen LogP contribution in [0.3, 0.4) is 0 Å². The van der Waals surface area contributed by atoms with Crippen molar-refractivity contribution in [3.8, 4) is 0 Å². The molecular formula is C15H25NO. The molecule has 2 atom stereocenters. The van der Waals surface area contributed by atoms with E-state index in [1.807, 2.05) is 19.1 Å². The first kappa shape index (κ1) is 14.2. The first-order chi connectivity index (χ1) is 8.02. The molecule has 96 valence electrons. The smallest absolute Gasteiger partial charge is 0.0804 e. The van der Waals surface area contributed by atoms with Gasteiger partial charge in [0.15, 0.2) is 0 Å². The van der Waals surface area contributed by atoms with E-state index in [4.69, 9.17) is 5.73 Å². The van der Waals surface area contributed by atoms with Gasteiger partial charge in [0.1, 0.15) is 0 Å². The van der Waals surface area contributed by atoms with Gasteiger partial charge >= 0.3 is 0 Å². The maximum Gasteiger partial charge on any atom is 0.0804 e. The second-order valence-corrected chi connectivity index (χ2v) is 5.26. The molecule has 0 fully saturated rings. The van der Waals surface area contributed by atoms with Gasteiger partial charge in [-0.15, -0.1) is 0 Å². The zero-order valence-corrected chi connectivity index (χ0v) is 11.2. The van der Waals surface area contributed by atoms with Crippen molar-refractivity contribution in [1.29, 1.82) is 0 Å². The number of nitrogens with two attached hydrogens (primary N) is 1. The Labute approximate surface area is 105 Å². The lowest BCUT2D eigenvalue weighted by atomic mass is 9.97. The van der Waals surface area contributed by atoms with E-state index in [1.165, 1.54) is 5.56 Å². The zero-order chi connectivity index (χ0) is 12.8. The van der Waals surface area contributed by atoms with Gasteiger partial charge in [-0.05, 0) is 36.3 Å². The van der Waals surface area contributed by atoms with Gasteiger partial charge in [0.2, 0.25) is 0 Å². The van der Waals surface area contributed by atoms with E-state index < -0.39 is 6.10 Å². The Morgan fingerprint density at radius 2 is 1.76 bits per heavy atom. The number of aliphatic hydroxyl groups is 1. The van der Waals surface area contributed by atoms with Crippen molar-refractivity contribution in [2.45, 2.75) is 52.2 Å². The zero-order valence-electron chi connectivity index (χ0n) is 11.2. The summed E-state index contributed by atoms with van der Waals surface area (Å²) in [6, 6.07) is 8.34. The average molecular weight is 235 g/mol. The second kappa shape index (κ2) is 6.77. The van der Waals surface area contributed by atoms with Crippen molar-refractivity contribution in [3.05, 3.63) is 35.4 Å². The van der Waals surface area contributed by atoms with E-state index in [-0.39, 0.29) is 6.04 Å². The molecule has 0 aliphatic carbocycles. The highest BCUT2D eigenvalue weighted by Crippen LogP contribution is 2.20. The highest BCUT2D eigenvalue weighted by atomic mass is 16.3. The fourth-order valence-corrected chi connectivity index (χ4v) is 1.94. The summed E-state index contributed by atoms with van der Waals surface area (Å²) in [6.07, 6.45) is 2.20. The Balaban J connectivity index is 2.60. The maximum absolute atomic E-state index is 10.0. The Hall–Kier alpha value is -0.860. The van der Waals surface area contributed by atoms with Crippen LogP contribution < -0.4 is 5.73 Å². The molecule has 2 unspecified atom stereocenters. The summed E-state index contributed by atoms with van der Waals surface area (Å²) >= 11 is 0. The van der Waals surface area contributed by atoms with Crippen molar-refractivity contribution >= 4 is 0 Å². The van der Waals surface area contributed by atoms with E-state index in [9.17, 15) is 5.11 Å². The van der Waals surface area contributed by atoms with Crippen molar-refractivity contribution in [2.24, 2.45) is 11.7 Å². The second-order valence-electron chi connectivity index (χ2n) is 5.26. The molecular weight excluding hydrogens is 210 g/mol. The Bertz CT molecular complexity index is 318. The topological polar surface area (TPSA) is 46.2 Å². The van der Waals surface area contributed by atoms with Crippen LogP contribution in [0.25, 0.3) is 0 Å². The van der Waals surface area contributed by atoms with Crippen LogP contribution in [-0.2, 0) is 6.42 Å². The highest BCUT2D eigenvalue weighted by Gasteiger charge is 2.11. The molecule has 0 saturated carbocycles. The lowest BCUT2D eigenvalue weighted by Gasteiger charge is -2.16. The molecule has 0 radical (unpaired) electrons. The number of hydrogen-bond donors (Lipinski definition) is 2. The molecule has 0 aromatic heterocycles. The van der Waals surface area contributed by atoms with Gasteiger partial charge in [0.05, 0.1) is 6.10 Å². The minimum absolute atomic E-state index is 0.0836. The number of aliphatic hydroxyl groups excluding tert-OH is 1. The summed E-state index contributed by atoms with van der Waals surface area (Å²) < 4.78 is 0. The third kappa shape index (κ3) is 4.88. The molecule has 0 saturated heterocycles. The van der Waals surface area contributed by atoms with E-state index >= 15 is 0 Å². The number of rotatable bonds is 6. The summed E-state index contributed by atoms with van der Waals surface area (Å²) in [4.78, 5) is 0. The van der Waals surface area contributed by atoms with Crippen LogP contribution in [0.2, 0.25) is 0 Å². The monoisotopic (exact) mass is 235 g/mol. The molecule has 0 spiro atoms. The van der Waals surface area contributed by atoms with Crippen LogP contribution in [0.5, 0.6) is 0 Å². The largest absolute Gasteiger partial charge is 0.388 e. The number of benzene rings is 1. The molecule has 1 aromatic carbocycles. The van der Waals surface area contributed by atoms with Crippen LogP contribution in [0.4, 0.5) is 0 Å². The van der Waals surface area contributed by atoms with Crippen molar-refractivity contribution in [1.82, 2.24) is 0 Å². The van der Waals surface area contributed by atoms with E-state index in [1.54, 1.807) is 0 Å². The summed E-state index contributed by atoms with van der Waals surface area (Å²) in [5, 5.41) is 10.0. The van der Waals surface area contributed by atoms with Gasteiger partial charge in [0.25, 0.3) is 0 Å². The first-order valence-electron chi connectivity index (χ1n) is 6.55. The third-order valence-electron chi connectivity index (χ3n) is 3.06. The Morgan fingerprint density at radius 3 is 2.24 bits per heavy atom. The molecule has 0 aliphatic rings. The van der Waals surface area contributed by atoms with Crippen molar-refractivity contribution in [3.63, 3.8) is 0 Å². The van der Waals surface area contributed by atoms with E-state index in [0.717, 1.165) is 18.4 Å². The van der Waals surface area contributed by atoms with E-state index in [2.05, 4.69) is 26.0 Å². The van der Waals surface area contributed by atoms with Crippen LogP contribution in [0, 0.1) is 5.92 Å². The predicted molar refractivity (Wildman–Crippen MR) is 72.8 cm³/mol. The quantitative estimate of drug-likeness (QED) is 0.796. The SMILES string of the molecule is CCC(N)CC(O)c1ccc(CC(C)C)cc1. The molecule has 17 heavy (non-hydrogen) atoms. The van der Waals surface area contributed by atoms with Crippen LogP contribution >= 0.6 is 0 Å². The predicted octanol–water partition coefficient (Wildman–Crippen LogP) is 3.05. The molecule has 1 rings (SSSR count). The minimum atomic E-state index is -0.432. The molecule has 0 aliphatic heterocycles. The molecule has 2 nitrogen and oxygen atoms in total. The molecule has 0 heterocycles. The molecule has 0 amide bonds. The minimum Gasteiger partial charge on any atom is -0.388 e. The standard InChI is InChI=1S/C15H25NO/c1-4-14(16)10-15(17)13-7-5-12(6-8-13)9-11(2)3/h5-8,11,14-15,17H,4,9-10,16H2,1-3H3. The van der Waals surface area contributed by atoms with Gasteiger partial charge in [0, 0.05) is 6.04 Å². The lowest BCUT2D eigenvalue weighted by Crippen LogP contribution is -2.21. The van der Waals surface area contributed by atoms with Crippen molar-refractivity contribution in [2.75, 3.05) is 0 Å². The molecule has 1 aromatic rings. The van der Waals surface area contributed by atoms with Gasteiger partial charge in [-0.25, -0.2) is 0 Å². The van der Waals surface area contributed by atoms with Gasteiger partial charge < -0.3 is 10.8 Å². The Kier molecular flexibility index (Phi) is 5.66. The van der Waals surface area contributed by atoms with Gasteiger partial charge in [-0.1, -0.05) is 45.0 Å². The number of hydrogen-bond acceptors (Lipinski definition) is 2. The summed E-state index contributed by atoms with van der Waals surface area (Å²) in [5.74, 6) is 0.666. The van der Waals surface area contributed by atoms with Gasteiger partial charge in [-0.3, -0.25) is 0 Å². The summed E-state index contributed by atoms with van der Waals surface area (Å²) in [7, 11) is 0. The fourth-order valence-electron chi connectivity index (χ4n) is 1.94. The first-order valence-corrected chi connectivity index (χ1v) is 6.55. The summed E-state index contributed by atoms with van der Waals surface area (Å²) in [6.45, 7) is 6.47. The highest BCUT2D eigenvalue weighted by molar-refractivity contribution is 5.24. The lowest BCUT2D eigenvalue weighted by molar-refractivity contribution is 0.157. The fraction of sp³-hybridized carbons (Fsp3) is 0.600. The average Bonchev–Trinajstić information content (AvgIpc) is 2.28. The van der Waals surface area contributed by atoms with Gasteiger partial charge in [-0.2, -0.15) is 0 Å². The van der Waals surface area contributed by atoms with Crippen LogP contribution in [-0.4, -0.2) is 11.1 Å². The molecule has 2 heteroatoms. The van der Waals surface area contributed by atoms with Crippen LogP contribution in [0.15, 0.2) is 24.3 Å². The summed E-state index contributed by atoms with van der Waals surface area (Å²) in [5.41, 5.74) is 8.15. The Morgan fingerprint density at radius 1 is 1.18 bits per heavy atom. The third-order valence-corrected chi connectivity index (χ3v) is 3.06. The van der Waals surface area contributed by atoms with Crippen LogP contribution in [0.1, 0.15) is 50.8 Å².